The van der Waals surface area contributed by atoms with Crippen LogP contribution in [0.25, 0.3) is 0 Å². The smallest absolute Gasteiger partial charge is 0.229 e. The zero-order chi connectivity index (χ0) is 17.6. The van der Waals surface area contributed by atoms with Gasteiger partial charge in [0.2, 0.25) is 5.91 Å². The van der Waals surface area contributed by atoms with E-state index in [0.717, 1.165) is 22.5 Å². The molecule has 2 N–H and O–H groups in total. The Morgan fingerprint density at radius 3 is 2.40 bits per heavy atom. The van der Waals surface area contributed by atoms with Gasteiger partial charge in [0.05, 0.1) is 18.3 Å². The first-order chi connectivity index (χ1) is 12.1. The quantitative estimate of drug-likeness (QED) is 0.724. The average Bonchev–Trinajstić information content (AvgIpc) is 2.61. The third-order valence-corrected chi connectivity index (χ3v) is 3.78. The second-order valence-electron chi connectivity index (χ2n) is 5.72. The van der Waals surface area contributed by atoms with Gasteiger partial charge < -0.3 is 10.6 Å². The summed E-state index contributed by atoms with van der Waals surface area (Å²) in [5.41, 5.74) is 3.60. The molecule has 0 unspecified atom stereocenters. The van der Waals surface area contributed by atoms with Crippen molar-refractivity contribution in [1.29, 1.82) is 0 Å². The third-order valence-electron chi connectivity index (χ3n) is 3.78. The highest BCUT2D eigenvalue weighted by Gasteiger charge is 2.07. The van der Waals surface area contributed by atoms with Crippen LogP contribution < -0.4 is 10.6 Å². The van der Waals surface area contributed by atoms with Gasteiger partial charge in [0.15, 0.2) is 0 Å². The summed E-state index contributed by atoms with van der Waals surface area (Å²) in [6.07, 6.45) is 1.93. The number of carbonyl (C=O) groups is 1. The van der Waals surface area contributed by atoms with Gasteiger partial charge in [-0.15, -0.1) is 0 Å². The molecule has 0 saturated heterocycles. The summed E-state index contributed by atoms with van der Waals surface area (Å²) in [5.74, 6) is 0.0969. The normalized spacial score (nSPS) is 10.3. The molecule has 0 atom stereocenters. The van der Waals surface area contributed by atoms with Crippen LogP contribution in [0.15, 0.2) is 66.9 Å². The molecule has 1 amide bonds. The minimum atomic E-state index is -0.282. The number of carbonyl (C=O) groups excluding carboxylic acids is 1. The number of nitrogens with zero attached hydrogens (tertiary/aromatic N) is 1. The molecule has 1 heterocycles. The number of aryl methyl sites for hydroxylation is 1. The summed E-state index contributed by atoms with van der Waals surface area (Å²) in [6, 6.07) is 17.4. The Bertz CT molecular complexity index is 861. The predicted molar refractivity (Wildman–Crippen MR) is 97.4 cm³/mol. The second kappa shape index (κ2) is 7.57. The van der Waals surface area contributed by atoms with Gasteiger partial charge in [-0.3, -0.25) is 4.79 Å². The fourth-order valence-corrected chi connectivity index (χ4v) is 2.41. The molecule has 3 aromatic rings. The van der Waals surface area contributed by atoms with Crippen molar-refractivity contribution in [2.75, 3.05) is 10.6 Å². The maximum Gasteiger partial charge on any atom is 0.229 e. The molecule has 2 aromatic carbocycles. The Morgan fingerprint density at radius 1 is 1.00 bits per heavy atom. The first kappa shape index (κ1) is 16.6. The van der Waals surface area contributed by atoms with Crippen molar-refractivity contribution in [1.82, 2.24) is 4.98 Å². The average molecular weight is 335 g/mol. The molecule has 126 valence electrons. The molecular weight excluding hydrogens is 317 g/mol. The monoisotopic (exact) mass is 335 g/mol. The molecule has 0 spiro atoms. The van der Waals surface area contributed by atoms with Crippen LogP contribution in [0.2, 0.25) is 0 Å². The van der Waals surface area contributed by atoms with Gasteiger partial charge in [0, 0.05) is 5.69 Å². The topological polar surface area (TPSA) is 54.0 Å². The Hall–Kier alpha value is -3.21. The van der Waals surface area contributed by atoms with Crippen LogP contribution in [0.1, 0.15) is 11.1 Å². The van der Waals surface area contributed by atoms with Crippen molar-refractivity contribution < 1.29 is 9.18 Å². The Labute approximate surface area is 145 Å². The van der Waals surface area contributed by atoms with E-state index in [0.29, 0.717) is 12.2 Å². The number of pyridine rings is 1. The van der Waals surface area contributed by atoms with Crippen LogP contribution in [0.3, 0.4) is 0 Å². The van der Waals surface area contributed by atoms with Crippen molar-refractivity contribution in [3.8, 4) is 0 Å². The van der Waals surface area contributed by atoms with Gasteiger partial charge >= 0.3 is 0 Å². The third kappa shape index (κ3) is 4.64. The molecule has 0 bridgehead atoms. The highest BCUT2D eigenvalue weighted by Crippen LogP contribution is 2.17. The minimum absolute atomic E-state index is 0.110. The van der Waals surface area contributed by atoms with E-state index in [2.05, 4.69) is 15.6 Å². The molecule has 3 rings (SSSR count). The van der Waals surface area contributed by atoms with Gasteiger partial charge in [0.1, 0.15) is 11.6 Å². The number of hydrogen-bond acceptors (Lipinski definition) is 3. The number of aromatic nitrogens is 1. The summed E-state index contributed by atoms with van der Waals surface area (Å²) in [4.78, 5) is 16.4. The zero-order valence-corrected chi connectivity index (χ0v) is 13.8. The van der Waals surface area contributed by atoms with Crippen LogP contribution in [-0.4, -0.2) is 10.9 Å². The molecule has 0 radical (unpaired) electrons. The molecule has 25 heavy (non-hydrogen) atoms. The molecule has 4 nitrogen and oxygen atoms in total. The van der Waals surface area contributed by atoms with Crippen molar-refractivity contribution >= 4 is 23.1 Å². The molecule has 1 aromatic heterocycles. The minimum Gasteiger partial charge on any atom is -0.354 e. The highest BCUT2D eigenvalue weighted by atomic mass is 19.1. The SMILES string of the molecule is Cc1ccccc1CC(=O)Nc1ccc(Nc2ccc(F)cc2)cn1. The molecule has 0 aliphatic carbocycles. The lowest BCUT2D eigenvalue weighted by Crippen LogP contribution is -2.15. The van der Waals surface area contributed by atoms with E-state index in [1.54, 1.807) is 30.5 Å². The van der Waals surface area contributed by atoms with E-state index in [-0.39, 0.29) is 11.7 Å². The summed E-state index contributed by atoms with van der Waals surface area (Å²) in [7, 11) is 0. The lowest BCUT2D eigenvalue weighted by atomic mass is 10.1. The fraction of sp³-hybridized carbons (Fsp3) is 0.100. The van der Waals surface area contributed by atoms with Crippen LogP contribution in [-0.2, 0) is 11.2 Å². The largest absolute Gasteiger partial charge is 0.354 e. The number of benzene rings is 2. The van der Waals surface area contributed by atoms with Gasteiger partial charge in [-0.05, 0) is 54.4 Å². The molecule has 5 heteroatoms. The number of halogens is 1. The Balaban J connectivity index is 1.59. The summed E-state index contributed by atoms with van der Waals surface area (Å²) >= 11 is 0. The molecule has 0 saturated carbocycles. The van der Waals surface area contributed by atoms with Gasteiger partial charge in [-0.25, -0.2) is 9.37 Å². The number of anilines is 3. The number of amides is 1. The van der Waals surface area contributed by atoms with Crippen LogP contribution >= 0.6 is 0 Å². The van der Waals surface area contributed by atoms with Gasteiger partial charge in [0.25, 0.3) is 0 Å². The molecule has 0 aliphatic rings. The fourth-order valence-electron chi connectivity index (χ4n) is 2.41. The van der Waals surface area contributed by atoms with Crippen LogP contribution in [0.5, 0.6) is 0 Å². The van der Waals surface area contributed by atoms with Gasteiger partial charge in [-0.1, -0.05) is 24.3 Å². The van der Waals surface area contributed by atoms with E-state index < -0.39 is 0 Å². The van der Waals surface area contributed by atoms with E-state index in [1.165, 1.54) is 12.1 Å². The molecule has 0 fully saturated rings. The number of rotatable bonds is 5. The summed E-state index contributed by atoms with van der Waals surface area (Å²) in [6.45, 7) is 1.98. The predicted octanol–water partition coefficient (Wildman–Crippen LogP) is 4.45. The van der Waals surface area contributed by atoms with Crippen molar-refractivity contribution in [2.45, 2.75) is 13.3 Å². The lowest BCUT2D eigenvalue weighted by Gasteiger charge is -2.09. The maximum absolute atomic E-state index is 12.9. The first-order valence-electron chi connectivity index (χ1n) is 7.93. The Kier molecular flexibility index (Phi) is 5.04. The van der Waals surface area contributed by atoms with Crippen LogP contribution in [0, 0.1) is 12.7 Å². The highest BCUT2D eigenvalue weighted by molar-refractivity contribution is 5.91. The molecule has 0 aliphatic heterocycles. The standard InChI is InChI=1S/C20H18FN3O/c1-14-4-2-3-5-15(14)12-20(25)24-19-11-10-18(13-22-19)23-17-8-6-16(21)7-9-17/h2-11,13,23H,12H2,1H3,(H,22,24,25). The van der Waals surface area contributed by atoms with Crippen molar-refractivity contribution in [3.63, 3.8) is 0 Å². The second-order valence-corrected chi connectivity index (χ2v) is 5.72. The summed E-state index contributed by atoms with van der Waals surface area (Å²) < 4.78 is 12.9. The van der Waals surface area contributed by atoms with E-state index in [1.807, 2.05) is 31.2 Å². The van der Waals surface area contributed by atoms with Gasteiger partial charge in [-0.2, -0.15) is 0 Å². The zero-order valence-electron chi connectivity index (χ0n) is 13.8. The number of hydrogen-bond donors (Lipinski definition) is 2. The lowest BCUT2D eigenvalue weighted by molar-refractivity contribution is -0.115. The van der Waals surface area contributed by atoms with Crippen molar-refractivity contribution in [3.05, 3.63) is 83.8 Å². The van der Waals surface area contributed by atoms with E-state index in [4.69, 9.17) is 0 Å². The Morgan fingerprint density at radius 2 is 1.72 bits per heavy atom. The van der Waals surface area contributed by atoms with E-state index in [9.17, 15) is 9.18 Å². The first-order valence-corrected chi connectivity index (χ1v) is 7.93. The number of nitrogens with one attached hydrogen (secondary N) is 2. The van der Waals surface area contributed by atoms with Crippen LogP contribution in [0.4, 0.5) is 21.6 Å². The van der Waals surface area contributed by atoms with E-state index >= 15 is 0 Å². The molecular formula is C20H18FN3O. The summed E-state index contributed by atoms with van der Waals surface area (Å²) in [5, 5.41) is 5.91. The maximum atomic E-state index is 12.9. The van der Waals surface area contributed by atoms with Crippen molar-refractivity contribution in [2.24, 2.45) is 0 Å².